The zero-order chi connectivity index (χ0) is 10.4. The Kier molecular flexibility index (Phi) is 5.23. The summed E-state index contributed by atoms with van der Waals surface area (Å²) in [5.41, 5.74) is 4.22. The van der Waals surface area contributed by atoms with Crippen molar-refractivity contribution in [3.63, 3.8) is 0 Å². The lowest BCUT2D eigenvalue weighted by molar-refractivity contribution is 0.928. The van der Waals surface area contributed by atoms with Crippen LogP contribution in [0.2, 0.25) is 6.04 Å². The maximum Gasteiger partial charge on any atom is 0.0931 e. The van der Waals surface area contributed by atoms with Crippen molar-refractivity contribution in [2.24, 2.45) is 0 Å². The summed E-state index contributed by atoms with van der Waals surface area (Å²) in [4.78, 5) is 3.53. The van der Waals surface area contributed by atoms with Gasteiger partial charge in [-0.15, -0.1) is 11.6 Å². The Bertz CT molecular complexity index is 289. The van der Waals surface area contributed by atoms with Crippen LogP contribution in [-0.4, -0.2) is 15.6 Å². The van der Waals surface area contributed by atoms with E-state index in [0.717, 1.165) is 12.4 Å². The second-order valence-corrected chi connectivity index (χ2v) is 5.66. The highest BCUT2D eigenvalue weighted by molar-refractivity contribution is 6.35. The van der Waals surface area contributed by atoms with E-state index in [-0.39, 0.29) is 9.68 Å². The largest absolute Gasteiger partial charge is 0.338 e. The molecule has 0 aromatic heterocycles. The predicted molar refractivity (Wildman–Crippen MR) is 66.8 cm³/mol. The van der Waals surface area contributed by atoms with Crippen LogP contribution in [0.15, 0.2) is 18.2 Å². The molecular weight excluding hydrogens is 210 g/mol. The van der Waals surface area contributed by atoms with Gasteiger partial charge in [-0.3, -0.25) is 0 Å². The number of benzene rings is 1. The standard InChI is InChI=1S/C11H18ClNSi/c1-9-4-3-5-11(10(9)2)8-13-14-7-6-12/h3-5,13H,6-8,14H2,1-2H3. The zero-order valence-corrected chi connectivity index (χ0v) is 11.1. The van der Waals surface area contributed by atoms with Crippen LogP contribution >= 0.6 is 11.6 Å². The molecule has 0 heterocycles. The van der Waals surface area contributed by atoms with Crippen molar-refractivity contribution in [2.75, 3.05) is 5.88 Å². The summed E-state index contributed by atoms with van der Waals surface area (Å²) in [6.45, 7) is 5.36. The van der Waals surface area contributed by atoms with E-state index in [4.69, 9.17) is 11.6 Å². The molecule has 3 heteroatoms. The molecule has 1 aromatic rings. The van der Waals surface area contributed by atoms with E-state index in [0.29, 0.717) is 0 Å². The number of halogens is 1. The summed E-state index contributed by atoms with van der Waals surface area (Å²) in [6.07, 6.45) is 0. The molecule has 78 valence electrons. The summed E-state index contributed by atoms with van der Waals surface area (Å²) < 4.78 is 0. The lowest BCUT2D eigenvalue weighted by Crippen LogP contribution is -2.19. The monoisotopic (exact) mass is 227 g/mol. The Hall–Kier alpha value is -0.313. The summed E-state index contributed by atoms with van der Waals surface area (Å²) in [5, 5.41) is 0. The first-order valence-corrected chi connectivity index (χ1v) is 7.31. The molecule has 0 aliphatic heterocycles. The molecule has 14 heavy (non-hydrogen) atoms. The first-order chi connectivity index (χ1) is 6.75. The van der Waals surface area contributed by atoms with E-state index in [1.54, 1.807) is 0 Å². The van der Waals surface area contributed by atoms with E-state index in [1.165, 1.54) is 22.7 Å². The maximum atomic E-state index is 5.63. The SMILES string of the molecule is Cc1cccc(CN[SiH2]CCCl)c1C. The fourth-order valence-corrected chi connectivity index (χ4v) is 2.65. The van der Waals surface area contributed by atoms with Crippen LogP contribution in [0.1, 0.15) is 16.7 Å². The Morgan fingerprint density at radius 1 is 1.36 bits per heavy atom. The summed E-state index contributed by atoms with van der Waals surface area (Å²) >= 11 is 5.63. The van der Waals surface area contributed by atoms with Gasteiger partial charge in [0.25, 0.3) is 0 Å². The highest BCUT2D eigenvalue weighted by atomic mass is 35.5. The fourth-order valence-electron chi connectivity index (χ4n) is 1.42. The third-order valence-corrected chi connectivity index (χ3v) is 4.55. The van der Waals surface area contributed by atoms with Crippen molar-refractivity contribution >= 4 is 21.3 Å². The number of hydrogen-bond donors (Lipinski definition) is 1. The predicted octanol–water partition coefficient (Wildman–Crippen LogP) is 2.13. The van der Waals surface area contributed by atoms with Crippen LogP contribution in [0.25, 0.3) is 0 Å². The highest BCUT2D eigenvalue weighted by Crippen LogP contribution is 2.11. The smallest absolute Gasteiger partial charge is 0.0931 e. The molecule has 1 N–H and O–H groups in total. The third kappa shape index (κ3) is 3.44. The highest BCUT2D eigenvalue weighted by Gasteiger charge is 1.99. The van der Waals surface area contributed by atoms with Gasteiger partial charge in [0.1, 0.15) is 0 Å². The average Bonchev–Trinajstić information content (AvgIpc) is 2.19. The average molecular weight is 228 g/mol. The normalized spacial score (nSPS) is 11.4. The minimum Gasteiger partial charge on any atom is -0.338 e. The zero-order valence-electron chi connectivity index (χ0n) is 8.94. The Morgan fingerprint density at radius 3 is 2.86 bits per heavy atom. The summed E-state index contributed by atoms with van der Waals surface area (Å²) in [6, 6.07) is 7.66. The lowest BCUT2D eigenvalue weighted by Gasteiger charge is -2.09. The van der Waals surface area contributed by atoms with E-state index in [2.05, 4.69) is 37.0 Å². The minimum absolute atomic E-state index is 0.143. The molecule has 0 aliphatic carbocycles. The van der Waals surface area contributed by atoms with Gasteiger partial charge in [0.15, 0.2) is 0 Å². The van der Waals surface area contributed by atoms with Gasteiger partial charge in [-0.1, -0.05) is 18.2 Å². The maximum absolute atomic E-state index is 5.63. The van der Waals surface area contributed by atoms with E-state index in [1.807, 2.05) is 0 Å². The van der Waals surface area contributed by atoms with Crippen LogP contribution < -0.4 is 4.98 Å². The first-order valence-electron chi connectivity index (χ1n) is 5.07. The van der Waals surface area contributed by atoms with E-state index >= 15 is 0 Å². The quantitative estimate of drug-likeness (QED) is 0.462. The van der Waals surface area contributed by atoms with Crippen LogP contribution in [-0.2, 0) is 6.54 Å². The van der Waals surface area contributed by atoms with E-state index in [9.17, 15) is 0 Å². The number of alkyl halides is 1. The molecule has 0 spiro atoms. The van der Waals surface area contributed by atoms with Crippen molar-refractivity contribution in [3.8, 4) is 0 Å². The molecule has 0 amide bonds. The Labute approximate surface area is 93.8 Å². The lowest BCUT2D eigenvalue weighted by atomic mass is 10.0. The molecule has 0 saturated heterocycles. The number of nitrogens with one attached hydrogen (secondary N) is 1. The fraction of sp³-hybridized carbons (Fsp3) is 0.455. The molecule has 1 aromatic carbocycles. The number of rotatable bonds is 5. The molecule has 0 saturated carbocycles. The van der Waals surface area contributed by atoms with Crippen molar-refractivity contribution in [2.45, 2.75) is 26.4 Å². The van der Waals surface area contributed by atoms with Gasteiger partial charge in [-0.05, 0) is 36.6 Å². The molecule has 0 atom stereocenters. The third-order valence-electron chi connectivity index (χ3n) is 2.52. The van der Waals surface area contributed by atoms with Crippen molar-refractivity contribution in [3.05, 3.63) is 34.9 Å². The van der Waals surface area contributed by atoms with E-state index < -0.39 is 0 Å². The molecular formula is C11H18ClNSi. The first kappa shape index (κ1) is 11.8. The number of hydrogen-bond acceptors (Lipinski definition) is 1. The van der Waals surface area contributed by atoms with Crippen LogP contribution in [0, 0.1) is 13.8 Å². The summed E-state index contributed by atoms with van der Waals surface area (Å²) in [7, 11) is -0.143. The second-order valence-electron chi connectivity index (χ2n) is 3.58. The molecule has 1 nitrogen and oxygen atoms in total. The minimum atomic E-state index is -0.143. The van der Waals surface area contributed by atoms with Crippen molar-refractivity contribution in [1.29, 1.82) is 0 Å². The van der Waals surface area contributed by atoms with Crippen LogP contribution in [0.5, 0.6) is 0 Å². The Morgan fingerprint density at radius 2 is 2.14 bits per heavy atom. The van der Waals surface area contributed by atoms with Gasteiger partial charge in [0.2, 0.25) is 0 Å². The topological polar surface area (TPSA) is 12.0 Å². The van der Waals surface area contributed by atoms with Gasteiger partial charge >= 0.3 is 0 Å². The van der Waals surface area contributed by atoms with Crippen molar-refractivity contribution in [1.82, 2.24) is 4.98 Å². The molecule has 0 bridgehead atoms. The van der Waals surface area contributed by atoms with Gasteiger partial charge in [0.05, 0.1) is 9.68 Å². The Balaban J connectivity index is 2.46. The molecule has 0 unspecified atom stereocenters. The summed E-state index contributed by atoms with van der Waals surface area (Å²) in [5.74, 6) is 0.798. The van der Waals surface area contributed by atoms with Crippen molar-refractivity contribution < 1.29 is 0 Å². The molecule has 1 rings (SSSR count). The van der Waals surface area contributed by atoms with Crippen LogP contribution in [0.3, 0.4) is 0 Å². The van der Waals surface area contributed by atoms with Gasteiger partial charge in [0, 0.05) is 12.4 Å². The van der Waals surface area contributed by atoms with Gasteiger partial charge in [-0.25, -0.2) is 0 Å². The van der Waals surface area contributed by atoms with Gasteiger partial charge in [-0.2, -0.15) is 0 Å². The number of aryl methyl sites for hydroxylation is 1. The molecule has 0 aliphatic rings. The second kappa shape index (κ2) is 6.22. The van der Waals surface area contributed by atoms with Crippen LogP contribution in [0.4, 0.5) is 0 Å². The molecule has 0 fully saturated rings. The molecule has 0 radical (unpaired) electrons. The van der Waals surface area contributed by atoms with Gasteiger partial charge < -0.3 is 4.98 Å².